The Kier molecular flexibility index (Phi) is 8.72. The Balaban J connectivity index is 3.22. The number of carbonyl (C=O) groups is 1. The summed E-state index contributed by atoms with van der Waals surface area (Å²) in [7, 11) is 0. The molecule has 0 saturated heterocycles. The summed E-state index contributed by atoms with van der Waals surface area (Å²) in [5, 5.41) is 9.98. The van der Waals surface area contributed by atoms with Crippen LogP contribution in [0.5, 0.6) is 0 Å². The number of carbonyl (C=O) groups excluding carboxylic acids is 1. The summed E-state index contributed by atoms with van der Waals surface area (Å²) in [6.45, 7) is 2.49. The largest absolute Gasteiger partial charge is 0.466 e. The number of esters is 1. The molecule has 0 atom stereocenters. The average molecular weight is 217 g/mol. The Labute approximate surface area is 90.0 Å². The molecule has 0 aromatic heterocycles. The van der Waals surface area contributed by atoms with Gasteiger partial charge in [-0.05, 0) is 12.8 Å². The maximum Gasteiger partial charge on any atom is 0.305 e. The van der Waals surface area contributed by atoms with Gasteiger partial charge in [-0.3, -0.25) is 14.9 Å². The highest BCUT2D eigenvalue weighted by molar-refractivity contribution is 5.69. The molecule has 88 valence electrons. The van der Waals surface area contributed by atoms with Gasteiger partial charge in [-0.25, -0.2) is 0 Å². The standard InChI is InChI=1S/C10H19NO4/c1-2-3-6-9-15-10(12)7-4-5-8-11(13)14/h2-9H2,1H3. The van der Waals surface area contributed by atoms with Crippen molar-refractivity contribution in [2.45, 2.75) is 45.4 Å². The van der Waals surface area contributed by atoms with Gasteiger partial charge in [0.05, 0.1) is 6.61 Å². The summed E-state index contributed by atoms with van der Waals surface area (Å²) in [4.78, 5) is 20.7. The third-order valence-corrected chi connectivity index (χ3v) is 1.98. The van der Waals surface area contributed by atoms with E-state index < -0.39 is 0 Å². The summed E-state index contributed by atoms with van der Waals surface area (Å²) in [6.07, 6.45) is 4.33. The van der Waals surface area contributed by atoms with Crippen molar-refractivity contribution in [2.75, 3.05) is 13.2 Å². The Morgan fingerprint density at radius 2 is 2.00 bits per heavy atom. The minimum absolute atomic E-state index is 0.0664. The van der Waals surface area contributed by atoms with Crippen LogP contribution in [0, 0.1) is 10.1 Å². The Morgan fingerprint density at radius 1 is 1.27 bits per heavy atom. The quantitative estimate of drug-likeness (QED) is 0.257. The average Bonchev–Trinajstić information content (AvgIpc) is 2.19. The molecule has 0 spiro atoms. The predicted molar refractivity (Wildman–Crippen MR) is 56.2 cm³/mol. The van der Waals surface area contributed by atoms with E-state index in [0.29, 0.717) is 25.9 Å². The first-order chi connectivity index (χ1) is 7.16. The number of ether oxygens (including phenoxy) is 1. The van der Waals surface area contributed by atoms with Crippen LogP contribution in [0.15, 0.2) is 0 Å². The second-order valence-corrected chi connectivity index (χ2v) is 3.44. The fourth-order valence-corrected chi connectivity index (χ4v) is 1.12. The van der Waals surface area contributed by atoms with E-state index in [1.165, 1.54) is 0 Å². The van der Waals surface area contributed by atoms with Crippen molar-refractivity contribution in [1.82, 2.24) is 0 Å². The zero-order chi connectivity index (χ0) is 11.5. The Hall–Kier alpha value is -1.13. The van der Waals surface area contributed by atoms with Crippen molar-refractivity contribution in [1.29, 1.82) is 0 Å². The third-order valence-electron chi connectivity index (χ3n) is 1.98. The first-order valence-electron chi connectivity index (χ1n) is 5.44. The van der Waals surface area contributed by atoms with Gasteiger partial charge in [0.15, 0.2) is 0 Å². The lowest BCUT2D eigenvalue weighted by Crippen LogP contribution is -2.07. The summed E-state index contributed by atoms with van der Waals surface area (Å²) < 4.78 is 4.94. The van der Waals surface area contributed by atoms with Crippen molar-refractivity contribution in [2.24, 2.45) is 0 Å². The maximum absolute atomic E-state index is 11.1. The molecule has 0 bridgehead atoms. The summed E-state index contributed by atoms with van der Waals surface area (Å²) in [5.74, 6) is -0.241. The second-order valence-electron chi connectivity index (χ2n) is 3.44. The van der Waals surface area contributed by atoms with Crippen LogP contribution in [0.4, 0.5) is 0 Å². The van der Waals surface area contributed by atoms with E-state index in [1.54, 1.807) is 0 Å². The van der Waals surface area contributed by atoms with Crippen LogP contribution in [-0.2, 0) is 9.53 Å². The first kappa shape index (κ1) is 13.9. The van der Waals surface area contributed by atoms with E-state index in [-0.39, 0.29) is 17.4 Å². The minimum Gasteiger partial charge on any atom is -0.466 e. The van der Waals surface area contributed by atoms with Gasteiger partial charge < -0.3 is 4.74 Å². The summed E-state index contributed by atoms with van der Waals surface area (Å²) in [5.41, 5.74) is 0. The first-order valence-corrected chi connectivity index (χ1v) is 5.44. The van der Waals surface area contributed by atoms with Crippen LogP contribution < -0.4 is 0 Å². The molecule has 0 fully saturated rings. The fraction of sp³-hybridized carbons (Fsp3) is 0.900. The minimum atomic E-state index is -0.368. The Bertz CT molecular complexity index is 194. The predicted octanol–water partition coefficient (Wildman–Crippen LogP) is 2.17. The zero-order valence-electron chi connectivity index (χ0n) is 9.24. The number of rotatable bonds is 9. The van der Waals surface area contributed by atoms with E-state index in [0.717, 1.165) is 19.3 Å². The van der Waals surface area contributed by atoms with E-state index in [4.69, 9.17) is 4.74 Å². The highest BCUT2D eigenvalue weighted by Crippen LogP contribution is 2.00. The van der Waals surface area contributed by atoms with Crippen LogP contribution in [-0.4, -0.2) is 24.0 Å². The van der Waals surface area contributed by atoms with Crippen LogP contribution in [0.25, 0.3) is 0 Å². The number of hydrogen-bond acceptors (Lipinski definition) is 4. The molecule has 0 aliphatic carbocycles. The maximum atomic E-state index is 11.1. The van der Waals surface area contributed by atoms with Crippen LogP contribution >= 0.6 is 0 Å². The lowest BCUT2D eigenvalue weighted by atomic mass is 10.2. The molecule has 15 heavy (non-hydrogen) atoms. The van der Waals surface area contributed by atoms with Gasteiger partial charge in [-0.1, -0.05) is 19.8 Å². The van der Waals surface area contributed by atoms with Crippen LogP contribution in [0.2, 0.25) is 0 Å². The van der Waals surface area contributed by atoms with Gasteiger partial charge >= 0.3 is 5.97 Å². The van der Waals surface area contributed by atoms with E-state index >= 15 is 0 Å². The smallest absolute Gasteiger partial charge is 0.305 e. The third kappa shape index (κ3) is 10.8. The Morgan fingerprint density at radius 3 is 2.60 bits per heavy atom. The molecule has 0 aliphatic rings. The summed E-state index contributed by atoms with van der Waals surface area (Å²) >= 11 is 0. The zero-order valence-corrected chi connectivity index (χ0v) is 9.24. The molecule has 0 aliphatic heterocycles. The molecule has 5 heteroatoms. The summed E-state index contributed by atoms with van der Waals surface area (Å²) in [6, 6.07) is 0. The molecule has 0 unspecified atom stereocenters. The molecule has 0 rings (SSSR count). The lowest BCUT2D eigenvalue weighted by molar-refractivity contribution is -0.480. The molecule has 0 aromatic rings. The SMILES string of the molecule is CCCCCOC(=O)CCCC[N+](=O)[O-]. The topological polar surface area (TPSA) is 69.4 Å². The number of unbranched alkanes of at least 4 members (excludes halogenated alkanes) is 3. The van der Waals surface area contributed by atoms with E-state index in [2.05, 4.69) is 6.92 Å². The second kappa shape index (κ2) is 9.43. The van der Waals surface area contributed by atoms with Gasteiger partial charge in [-0.15, -0.1) is 0 Å². The normalized spacial score (nSPS) is 9.93. The van der Waals surface area contributed by atoms with Crippen LogP contribution in [0.1, 0.15) is 45.4 Å². The van der Waals surface area contributed by atoms with Crippen molar-refractivity contribution in [3.05, 3.63) is 10.1 Å². The lowest BCUT2D eigenvalue weighted by Gasteiger charge is -2.03. The van der Waals surface area contributed by atoms with Crippen molar-refractivity contribution in [3.63, 3.8) is 0 Å². The molecular formula is C10H19NO4. The molecule has 0 N–H and O–H groups in total. The number of nitro groups is 1. The van der Waals surface area contributed by atoms with Gasteiger partial charge in [0.25, 0.3) is 0 Å². The highest BCUT2D eigenvalue weighted by Gasteiger charge is 2.04. The molecular weight excluding hydrogens is 198 g/mol. The van der Waals surface area contributed by atoms with Crippen molar-refractivity contribution < 1.29 is 14.5 Å². The van der Waals surface area contributed by atoms with Gasteiger partial charge in [0.1, 0.15) is 0 Å². The molecule has 0 radical (unpaired) electrons. The fourth-order valence-electron chi connectivity index (χ4n) is 1.12. The van der Waals surface area contributed by atoms with Crippen LogP contribution in [0.3, 0.4) is 0 Å². The van der Waals surface area contributed by atoms with Gasteiger partial charge in [0.2, 0.25) is 6.54 Å². The number of nitrogens with zero attached hydrogens (tertiary/aromatic N) is 1. The molecule has 5 nitrogen and oxygen atoms in total. The number of hydrogen-bond donors (Lipinski definition) is 0. The van der Waals surface area contributed by atoms with Crippen molar-refractivity contribution in [3.8, 4) is 0 Å². The van der Waals surface area contributed by atoms with E-state index in [9.17, 15) is 14.9 Å². The molecule has 0 amide bonds. The monoisotopic (exact) mass is 217 g/mol. The molecule has 0 aromatic carbocycles. The van der Waals surface area contributed by atoms with Gasteiger partial charge in [0, 0.05) is 17.8 Å². The highest BCUT2D eigenvalue weighted by atomic mass is 16.6. The van der Waals surface area contributed by atoms with E-state index in [1.807, 2.05) is 0 Å². The van der Waals surface area contributed by atoms with Gasteiger partial charge in [-0.2, -0.15) is 0 Å². The molecule has 0 heterocycles. The molecule has 0 saturated carbocycles. The van der Waals surface area contributed by atoms with Crippen molar-refractivity contribution >= 4 is 5.97 Å².